The predicted molar refractivity (Wildman–Crippen MR) is 66.8 cm³/mol. The van der Waals surface area contributed by atoms with Gasteiger partial charge in [0.15, 0.2) is 0 Å². The monoisotopic (exact) mass is 352 g/mol. The minimum Gasteiger partial charge on any atom is -0.477 e. The molecule has 1 N–H and O–H groups in total. The first-order chi connectivity index (χ1) is 10.4. The lowest BCUT2D eigenvalue weighted by atomic mass is 10.0. The van der Waals surface area contributed by atoms with Gasteiger partial charge in [-0.2, -0.15) is 26.3 Å². The molecule has 23 heavy (non-hydrogen) atoms. The Kier molecular flexibility index (Phi) is 7.85. The van der Waals surface area contributed by atoms with Gasteiger partial charge in [0, 0.05) is 0 Å². The molecular weight excluding hydrogens is 334 g/mol. The highest BCUT2D eigenvalue weighted by molar-refractivity contribution is 5.83. The number of carboxylic acid groups (broad SMARTS) is 1. The van der Waals surface area contributed by atoms with Gasteiger partial charge in [0.05, 0.1) is 6.61 Å². The van der Waals surface area contributed by atoms with Crippen LogP contribution in [0.5, 0.6) is 0 Å². The maximum Gasteiger partial charge on any atom is 0.411 e. The zero-order valence-corrected chi connectivity index (χ0v) is 12.4. The average molecular weight is 352 g/mol. The first-order valence-corrected chi connectivity index (χ1v) is 6.97. The van der Waals surface area contributed by atoms with Crippen molar-refractivity contribution in [1.82, 2.24) is 0 Å². The molecule has 0 rings (SSSR count). The van der Waals surface area contributed by atoms with E-state index in [1.807, 2.05) is 6.92 Å². The molecule has 0 amide bonds. The third kappa shape index (κ3) is 5.00. The van der Waals surface area contributed by atoms with E-state index in [1.165, 1.54) is 0 Å². The maximum atomic E-state index is 13.2. The number of halogens is 6. The molecule has 0 spiro atoms. The van der Waals surface area contributed by atoms with E-state index in [0.29, 0.717) is 6.42 Å². The van der Waals surface area contributed by atoms with Crippen molar-refractivity contribution in [3.05, 3.63) is 0 Å². The lowest BCUT2D eigenvalue weighted by Gasteiger charge is -2.28. The summed E-state index contributed by atoms with van der Waals surface area (Å²) in [6.07, 6.45) is 4.09. The van der Waals surface area contributed by atoms with Gasteiger partial charge in [-0.05, 0) is 6.42 Å². The quantitative estimate of drug-likeness (QED) is 0.348. The van der Waals surface area contributed by atoms with Crippen LogP contribution in [-0.2, 0) is 14.3 Å². The van der Waals surface area contributed by atoms with E-state index in [4.69, 9.17) is 5.11 Å². The molecule has 0 atom stereocenters. The average Bonchev–Trinajstić information content (AvgIpc) is 2.45. The molecule has 0 aliphatic heterocycles. The predicted octanol–water partition coefficient (Wildman–Crippen LogP) is 3.88. The molecular formula is C13H18F6O4. The number of aliphatic carboxylic acids is 1. The molecule has 0 aromatic rings. The standard InChI is InChI=1S/C13H18F6O4/c1-2-3-4-5-6-7-8-23-10(22)12(16,17)13(18,19)11(14,15)9(20)21/h2-8H2,1H3,(H,20,21). The normalized spacial score (nSPS) is 13.0. The summed E-state index contributed by atoms with van der Waals surface area (Å²) >= 11 is 0. The fraction of sp³-hybridized carbons (Fsp3) is 0.846. The summed E-state index contributed by atoms with van der Waals surface area (Å²) in [7, 11) is 0. The molecule has 136 valence electrons. The second-order valence-corrected chi connectivity index (χ2v) is 4.93. The summed E-state index contributed by atoms with van der Waals surface area (Å²) in [6.45, 7) is 1.33. The van der Waals surface area contributed by atoms with Crippen molar-refractivity contribution >= 4 is 11.9 Å². The number of esters is 1. The summed E-state index contributed by atoms with van der Waals surface area (Å²) in [5, 5.41) is 7.92. The fourth-order valence-electron chi connectivity index (χ4n) is 1.60. The SMILES string of the molecule is CCCCCCCCOC(=O)C(F)(F)C(F)(F)C(F)(F)C(=O)O. The Labute approximate surface area is 128 Å². The van der Waals surface area contributed by atoms with Crippen LogP contribution in [0.3, 0.4) is 0 Å². The molecule has 0 aromatic carbocycles. The van der Waals surface area contributed by atoms with Crippen molar-refractivity contribution in [2.24, 2.45) is 0 Å². The van der Waals surface area contributed by atoms with Crippen LogP contribution in [0.15, 0.2) is 0 Å². The molecule has 0 saturated carbocycles. The summed E-state index contributed by atoms with van der Waals surface area (Å²) < 4.78 is 81.6. The molecule has 0 bridgehead atoms. The lowest BCUT2D eigenvalue weighted by Crippen LogP contribution is -2.61. The van der Waals surface area contributed by atoms with Crippen LogP contribution in [0.2, 0.25) is 0 Å². The van der Waals surface area contributed by atoms with Crippen molar-refractivity contribution in [3.63, 3.8) is 0 Å². The van der Waals surface area contributed by atoms with Crippen molar-refractivity contribution in [1.29, 1.82) is 0 Å². The van der Waals surface area contributed by atoms with E-state index in [0.717, 1.165) is 25.7 Å². The minimum absolute atomic E-state index is 0.104. The van der Waals surface area contributed by atoms with Gasteiger partial charge in [0.1, 0.15) is 0 Å². The number of alkyl halides is 6. The highest BCUT2D eigenvalue weighted by Gasteiger charge is 2.79. The van der Waals surface area contributed by atoms with Crippen LogP contribution in [0, 0.1) is 0 Å². The number of hydrogen-bond donors (Lipinski definition) is 1. The minimum atomic E-state index is -6.41. The van der Waals surface area contributed by atoms with Crippen molar-refractivity contribution in [3.8, 4) is 0 Å². The van der Waals surface area contributed by atoms with Gasteiger partial charge in [-0.3, -0.25) is 0 Å². The van der Waals surface area contributed by atoms with E-state index in [-0.39, 0.29) is 6.42 Å². The summed E-state index contributed by atoms with van der Waals surface area (Å²) in [4.78, 5) is 20.9. The molecule has 4 nitrogen and oxygen atoms in total. The first kappa shape index (κ1) is 21.5. The van der Waals surface area contributed by atoms with Gasteiger partial charge in [0.25, 0.3) is 0 Å². The zero-order chi connectivity index (χ0) is 18.3. The zero-order valence-electron chi connectivity index (χ0n) is 12.4. The molecule has 0 fully saturated rings. The molecule has 0 aromatic heterocycles. The highest BCUT2D eigenvalue weighted by atomic mass is 19.3. The van der Waals surface area contributed by atoms with E-state index < -0.39 is 36.3 Å². The fourth-order valence-corrected chi connectivity index (χ4v) is 1.60. The Bertz CT molecular complexity index is 411. The number of ether oxygens (including phenoxy) is 1. The van der Waals surface area contributed by atoms with Crippen molar-refractivity contribution in [2.45, 2.75) is 63.2 Å². The molecule has 0 aliphatic carbocycles. The van der Waals surface area contributed by atoms with Crippen molar-refractivity contribution in [2.75, 3.05) is 6.61 Å². The van der Waals surface area contributed by atoms with Gasteiger partial charge in [-0.25, -0.2) is 9.59 Å². The third-order valence-corrected chi connectivity index (χ3v) is 3.04. The second kappa shape index (κ2) is 8.39. The van der Waals surface area contributed by atoms with Gasteiger partial charge in [-0.15, -0.1) is 0 Å². The molecule has 0 radical (unpaired) electrons. The largest absolute Gasteiger partial charge is 0.477 e. The first-order valence-electron chi connectivity index (χ1n) is 6.97. The summed E-state index contributed by atoms with van der Waals surface area (Å²) in [5.41, 5.74) is 0. The molecule has 0 unspecified atom stereocenters. The molecule has 10 heteroatoms. The van der Waals surface area contributed by atoms with Gasteiger partial charge in [-0.1, -0.05) is 39.0 Å². The van der Waals surface area contributed by atoms with Crippen LogP contribution < -0.4 is 0 Å². The van der Waals surface area contributed by atoms with E-state index in [1.54, 1.807) is 0 Å². The highest BCUT2D eigenvalue weighted by Crippen LogP contribution is 2.46. The lowest BCUT2D eigenvalue weighted by molar-refractivity contribution is -0.299. The number of unbranched alkanes of at least 4 members (excludes halogenated alkanes) is 5. The van der Waals surface area contributed by atoms with E-state index >= 15 is 0 Å². The van der Waals surface area contributed by atoms with Gasteiger partial charge < -0.3 is 9.84 Å². The Balaban J connectivity index is 4.58. The Morgan fingerprint density at radius 1 is 0.870 bits per heavy atom. The van der Waals surface area contributed by atoms with Gasteiger partial charge in [0.2, 0.25) is 0 Å². The second-order valence-electron chi connectivity index (χ2n) is 4.93. The van der Waals surface area contributed by atoms with Gasteiger partial charge >= 0.3 is 29.7 Å². The number of carbonyl (C=O) groups is 2. The Morgan fingerprint density at radius 2 is 1.35 bits per heavy atom. The maximum absolute atomic E-state index is 13.2. The Morgan fingerprint density at radius 3 is 1.83 bits per heavy atom. The number of rotatable bonds is 11. The molecule has 0 heterocycles. The summed E-state index contributed by atoms with van der Waals surface area (Å²) in [5.74, 6) is -24.8. The smallest absolute Gasteiger partial charge is 0.411 e. The van der Waals surface area contributed by atoms with E-state index in [9.17, 15) is 35.9 Å². The number of carboxylic acids is 1. The molecule has 0 aliphatic rings. The van der Waals surface area contributed by atoms with Crippen LogP contribution in [0.4, 0.5) is 26.3 Å². The number of hydrogen-bond acceptors (Lipinski definition) is 3. The van der Waals surface area contributed by atoms with Crippen LogP contribution >= 0.6 is 0 Å². The van der Waals surface area contributed by atoms with E-state index in [2.05, 4.69) is 4.74 Å². The molecule has 0 saturated heterocycles. The van der Waals surface area contributed by atoms with Crippen LogP contribution in [-0.4, -0.2) is 41.4 Å². The van der Waals surface area contributed by atoms with Crippen LogP contribution in [0.25, 0.3) is 0 Å². The van der Waals surface area contributed by atoms with Crippen molar-refractivity contribution < 1.29 is 45.8 Å². The van der Waals surface area contributed by atoms with Crippen LogP contribution in [0.1, 0.15) is 45.4 Å². The number of carbonyl (C=O) groups excluding carboxylic acids is 1. The summed E-state index contributed by atoms with van der Waals surface area (Å²) in [6, 6.07) is 0. The topological polar surface area (TPSA) is 63.6 Å². The Hall–Kier alpha value is -1.48. The third-order valence-electron chi connectivity index (χ3n) is 3.04.